The molecule has 0 aliphatic carbocycles. The number of benzene rings is 4. The van der Waals surface area contributed by atoms with Gasteiger partial charge in [-0.1, -0.05) is 66.7 Å². The lowest BCUT2D eigenvalue weighted by Gasteiger charge is -2.27. The number of nitrogens with zero attached hydrogens (tertiary/aromatic N) is 1. The molecular weight excluding hydrogens is 621 g/mol. The van der Waals surface area contributed by atoms with Gasteiger partial charge >= 0.3 is 12.1 Å². The van der Waals surface area contributed by atoms with Crippen LogP contribution in [0.3, 0.4) is 0 Å². The van der Waals surface area contributed by atoms with Crippen LogP contribution in [0.2, 0.25) is 0 Å². The fourth-order valence-corrected chi connectivity index (χ4v) is 6.77. The number of carbonyl (C=O) groups is 2. The van der Waals surface area contributed by atoms with Crippen molar-refractivity contribution in [3.63, 3.8) is 0 Å². The Morgan fingerprint density at radius 3 is 2.24 bits per heavy atom. The molecule has 240 valence electrons. The second-order valence-corrected chi connectivity index (χ2v) is 13.4. The fraction of sp³-hybridized carbons (Fsp3) is 0.235. The number of aliphatic carboxylic acids is 1. The molecule has 1 atom stereocenters. The smallest absolute Gasteiger partial charge is 0.417 e. The summed E-state index contributed by atoms with van der Waals surface area (Å²) in [6.45, 7) is 3.06. The maximum Gasteiger partial charge on any atom is 0.417 e. The minimum Gasteiger partial charge on any atom is -0.492 e. The third-order valence-corrected chi connectivity index (χ3v) is 9.55. The van der Waals surface area contributed by atoms with E-state index >= 15 is 0 Å². The van der Waals surface area contributed by atoms with Crippen LogP contribution in [0, 0.1) is 5.41 Å². The molecule has 4 aromatic carbocycles. The Kier molecular flexibility index (Phi) is 8.85. The van der Waals surface area contributed by atoms with E-state index in [1.165, 1.54) is 18.2 Å². The summed E-state index contributed by atoms with van der Waals surface area (Å²) in [7, 11) is -4.63. The molecule has 12 heteroatoms. The number of hydrogen-bond donors (Lipinski definition) is 2. The highest BCUT2D eigenvalue weighted by Crippen LogP contribution is 2.41. The molecule has 0 saturated carbocycles. The number of hydrogen-bond acceptors (Lipinski definition) is 5. The lowest BCUT2D eigenvalue weighted by Crippen LogP contribution is -2.47. The summed E-state index contributed by atoms with van der Waals surface area (Å²) in [5.74, 6) is -1.19. The van der Waals surface area contributed by atoms with Crippen LogP contribution in [0.25, 0.3) is 11.1 Å². The van der Waals surface area contributed by atoms with E-state index in [1.807, 2.05) is 0 Å². The van der Waals surface area contributed by atoms with E-state index in [1.54, 1.807) is 74.5 Å². The maximum atomic E-state index is 14.2. The number of anilines is 1. The molecule has 0 spiro atoms. The molecular formula is C34H31F3N2O6S. The van der Waals surface area contributed by atoms with Gasteiger partial charge in [0.25, 0.3) is 10.0 Å². The zero-order valence-electron chi connectivity index (χ0n) is 24.9. The fourth-order valence-electron chi connectivity index (χ4n) is 5.09. The predicted octanol–water partition coefficient (Wildman–Crippen LogP) is 6.30. The Balaban J connectivity index is 1.39. The van der Waals surface area contributed by atoms with Gasteiger partial charge in [-0.25, -0.2) is 8.42 Å². The van der Waals surface area contributed by atoms with Gasteiger partial charge < -0.3 is 15.2 Å². The van der Waals surface area contributed by atoms with Gasteiger partial charge in [-0.05, 0) is 66.4 Å². The van der Waals surface area contributed by atoms with E-state index in [4.69, 9.17) is 4.74 Å². The minimum atomic E-state index is -4.84. The van der Waals surface area contributed by atoms with E-state index in [0.29, 0.717) is 22.9 Å². The highest BCUT2D eigenvalue weighted by molar-refractivity contribution is 7.93. The molecule has 1 heterocycles. The van der Waals surface area contributed by atoms with E-state index in [2.05, 4.69) is 5.32 Å². The van der Waals surface area contributed by atoms with Gasteiger partial charge in [0.05, 0.1) is 21.6 Å². The molecule has 0 bridgehead atoms. The number of rotatable bonds is 10. The maximum absolute atomic E-state index is 14.2. The van der Waals surface area contributed by atoms with E-state index in [0.717, 1.165) is 16.4 Å². The molecule has 8 nitrogen and oxygen atoms in total. The van der Waals surface area contributed by atoms with Crippen molar-refractivity contribution in [2.45, 2.75) is 43.9 Å². The van der Waals surface area contributed by atoms with Gasteiger partial charge in [0.1, 0.15) is 18.4 Å². The second kappa shape index (κ2) is 12.5. The zero-order valence-corrected chi connectivity index (χ0v) is 25.7. The Morgan fingerprint density at radius 1 is 0.935 bits per heavy atom. The summed E-state index contributed by atoms with van der Waals surface area (Å²) in [6, 6.07) is 22.6. The third-order valence-electron chi connectivity index (χ3n) is 7.73. The highest BCUT2D eigenvalue weighted by Gasteiger charge is 2.43. The summed E-state index contributed by atoms with van der Waals surface area (Å²) in [5.41, 5.74) is -0.628. The first kappa shape index (κ1) is 32.6. The van der Waals surface area contributed by atoms with Crippen LogP contribution < -0.4 is 14.4 Å². The van der Waals surface area contributed by atoms with Crippen molar-refractivity contribution in [1.29, 1.82) is 0 Å². The van der Waals surface area contributed by atoms with Crippen molar-refractivity contribution in [2.75, 3.05) is 10.9 Å². The van der Waals surface area contributed by atoms with Crippen LogP contribution in [0.1, 0.15) is 30.5 Å². The molecule has 0 aromatic heterocycles. The van der Waals surface area contributed by atoms with E-state index < -0.39 is 50.0 Å². The van der Waals surface area contributed by atoms with Crippen molar-refractivity contribution in [2.24, 2.45) is 5.41 Å². The number of sulfonamides is 1. The highest BCUT2D eigenvalue weighted by atomic mass is 32.2. The number of halogens is 3. The van der Waals surface area contributed by atoms with Crippen LogP contribution in [0.5, 0.6) is 5.75 Å². The number of nitrogens with one attached hydrogen (secondary N) is 1. The first-order valence-electron chi connectivity index (χ1n) is 14.3. The number of ether oxygens (including phenoxy) is 1. The van der Waals surface area contributed by atoms with Crippen LogP contribution in [-0.4, -0.2) is 38.0 Å². The molecule has 1 aliphatic heterocycles. The van der Waals surface area contributed by atoms with Crippen LogP contribution in [0.15, 0.2) is 102 Å². The van der Waals surface area contributed by atoms with Crippen molar-refractivity contribution >= 4 is 27.6 Å². The zero-order chi connectivity index (χ0) is 33.3. The number of alkyl halides is 3. The Hall–Kier alpha value is -4.84. The number of fused-ring (bicyclic) bond motifs is 1. The Bertz CT molecular complexity index is 1860. The average Bonchev–Trinajstić information content (AvgIpc) is 3.44. The van der Waals surface area contributed by atoms with Gasteiger partial charge in [-0.2, -0.15) is 13.2 Å². The van der Waals surface area contributed by atoms with Gasteiger partial charge in [0, 0.05) is 13.0 Å². The third kappa shape index (κ3) is 6.71. The average molecular weight is 653 g/mol. The van der Waals surface area contributed by atoms with Crippen molar-refractivity contribution in [3.8, 4) is 16.9 Å². The molecule has 2 N–H and O–H groups in total. The first-order valence-corrected chi connectivity index (χ1v) is 15.7. The van der Waals surface area contributed by atoms with Gasteiger partial charge in [0.2, 0.25) is 5.91 Å². The lowest BCUT2D eigenvalue weighted by atomic mass is 9.95. The molecule has 46 heavy (non-hydrogen) atoms. The number of carbonyl (C=O) groups excluding carboxylic acids is 1. The van der Waals surface area contributed by atoms with Gasteiger partial charge in [-0.15, -0.1) is 0 Å². The quantitative estimate of drug-likeness (QED) is 0.208. The standard InChI is InChI=1S/C34H31F3N2O6S/c1-33(2,32(41)42)21-45-25-14-12-22(13-15-25)20-38-31(40)30-18-24-10-6-7-11-29(24)39(30)46(43,44)26-16-17-27(23-8-4-3-5-9-23)28(19-26)34(35,36)37/h3-17,19,30H,18,20-21H2,1-2H3,(H,38,40)(H,41,42)/t30-/m0/s1. The predicted molar refractivity (Wildman–Crippen MR) is 166 cm³/mol. The monoisotopic (exact) mass is 652 g/mol. The normalized spacial score (nSPS) is 14.9. The Labute approximate surface area is 264 Å². The Morgan fingerprint density at radius 2 is 1.59 bits per heavy atom. The summed E-state index contributed by atoms with van der Waals surface area (Å²) in [6.07, 6.45) is -4.81. The van der Waals surface area contributed by atoms with Crippen molar-refractivity contribution in [3.05, 3.63) is 114 Å². The molecule has 4 aromatic rings. The van der Waals surface area contributed by atoms with Crippen LogP contribution >= 0.6 is 0 Å². The van der Waals surface area contributed by atoms with Crippen LogP contribution in [0.4, 0.5) is 18.9 Å². The molecule has 1 amide bonds. The number of amides is 1. The van der Waals surface area contributed by atoms with Crippen molar-refractivity contribution < 1.29 is 41.0 Å². The molecule has 0 unspecified atom stereocenters. The number of carboxylic acids is 1. The SMILES string of the molecule is CC(C)(COc1ccc(CNC(=O)[C@@H]2Cc3ccccc3N2S(=O)(=O)c2ccc(-c3ccccc3)c(C(F)(F)F)c2)cc1)C(=O)O. The summed E-state index contributed by atoms with van der Waals surface area (Å²) in [4.78, 5) is 24.2. The molecule has 5 rings (SSSR count). The van der Waals surface area contributed by atoms with E-state index in [9.17, 15) is 36.3 Å². The summed E-state index contributed by atoms with van der Waals surface area (Å²) < 4.78 is 77.3. The molecule has 0 saturated heterocycles. The molecule has 0 fully saturated rings. The van der Waals surface area contributed by atoms with Gasteiger partial charge in [-0.3, -0.25) is 13.9 Å². The largest absolute Gasteiger partial charge is 0.492 e. The minimum absolute atomic E-state index is 0.0294. The first-order chi connectivity index (χ1) is 21.7. The summed E-state index contributed by atoms with van der Waals surface area (Å²) in [5, 5.41) is 12.0. The molecule has 0 radical (unpaired) electrons. The number of para-hydroxylation sites is 1. The summed E-state index contributed by atoms with van der Waals surface area (Å²) >= 11 is 0. The van der Waals surface area contributed by atoms with Crippen LogP contribution in [-0.2, 0) is 38.8 Å². The lowest BCUT2D eigenvalue weighted by molar-refractivity contribution is -0.148. The topological polar surface area (TPSA) is 113 Å². The second-order valence-electron chi connectivity index (χ2n) is 11.6. The van der Waals surface area contributed by atoms with Crippen molar-refractivity contribution in [1.82, 2.24) is 5.32 Å². The number of carboxylic acid groups (broad SMARTS) is 1. The molecule has 1 aliphatic rings. The van der Waals surface area contributed by atoms with Gasteiger partial charge in [0.15, 0.2) is 0 Å². The van der Waals surface area contributed by atoms with E-state index in [-0.39, 0.29) is 36.4 Å².